The Morgan fingerprint density at radius 3 is 1.08 bits per heavy atom. The summed E-state index contributed by atoms with van der Waals surface area (Å²) < 4.78 is 0. The van der Waals surface area contributed by atoms with Crippen LogP contribution in [0.25, 0.3) is 0 Å². The van der Waals surface area contributed by atoms with Crippen molar-refractivity contribution < 1.29 is 67.5 Å². The van der Waals surface area contributed by atoms with E-state index in [-0.39, 0.29) is 57.6 Å². The van der Waals surface area contributed by atoms with E-state index >= 15 is 0 Å². The third-order valence-electron chi connectivity index (χ3n) is 3.99. The largest absolute Gasteiger partial charge is 4.00 e. The standard InChI is InChI=1S/C18H36O2.3O.Ti.Zn/c1-2-3-4-5-6-7-8-9-10-11-12-13-14-15-16-17-18(19)20;;;;;/h2-17H2,1H3,(H,19,20);;;;;/q;3*-2;+4;+2. The van der Waals surface area contributed by atoms with Crippen molar-refractivity contribution in [1.82, 2.24) is 0 Å². The zero-order chi connectivity index (χ0) is 14.9. The Morgan fingerprint density at radius 2 is 0.840 bits per heavy atom. The van der Waals surface area contributed by atoms with Gasteiger partial charge in [0.15, 0.2) is 0 Å². The van der Waals surface area contributed by atoms with Gasteiger partial charge in [-0.25, -0.2) is 0 Å². The van der Waals surface area contributed by atoms with Crippen molar-refractivity contribution in [2.24, 2.45) is 0 Å². The molecule has 0 radical (unpaired) electrons. The summed E-state index contributed by atoms with van der Waals surface area (Å²) in [6.45, 7) is 2.27. The molecule has 0 atom stereocenters. The molecule has 0 amide bonds. The first kappa shape index (κ1) is 40.4. The average molecular weight is 446 g/mol. The molecular formula is C18H36O5TiZn. The number of carboxylic acid groups (broad SMARTS) is 1. The zero-order valence-corrected chi connectivity index (χ0v) is 20.6. The summed E-state index contributed by atoms with van der Waals surface area (Å²) in [7, 11) is 0. The quantitative estimate of drug-likeness (QED) is 0.232. The maximum Gasteiger partial charge on any atom is 4.00 e. The molecule has 1 N–H and O–H groups in total. The van der Waals surface area contributed by atoms with E-state index < -0.39 is 5.97 Å². The van der Waals surface area contributed by atoms with E-state index in [0.717, 1.165) is 12.8 Å². The number of hydrogen-bond donors (Lipinski definition) is 1. The second kappa shape index (κ2) is 35.7. The van der Waals surface area contributed by atoms with E-state index in [1.54, 1.807) is 0 Å². The molecule has 0 aromatic rings. The Morgan fingerprint density at radius 1 is 0.600 bits per heavy atom. The maximum absolute atomic E-state index is 10.3. The summed E-state index contributed by atoms with van der Waals surface area (Å²) in [5.41, 5.74) is 0. The minimum absolute atomic E-state index is 0. The first-order valence-electron chi connectivity index (χ1n) is 8.99. The molecule has 0 unspecified atom stereocenters. The monoisotopic (exact) mass is 444 g/mol. The van der Waals surface area contributed by atoms with Crippen molar-refractivity contribution in [1.29, 1.82) is 0 Å². The Bertz CT molecular complexity index is 222. The average Bonchev–Trinajstić information content (AvgIpc) is 2.43. The van der Waals surface area contributed by atoms with Gasteiger partial charge in [-0.15, -0.1) is 0 Å². The summed E-state index contributed by atoms with van der Waals surface area (Å²) in [4.78, 5) is 10.3. The molecule has 0 aliphatic carbocycles. The third kappa shape index (κ3) is 40.6. The van der Waals surface area contributed by atoms with E-state index in [2.05, 4.69) is 6.92 Å². The maximum atomic E-state index is 10.3. The van der Waals surface area contributed by atoms with Gasteiger partial charge in [0.2, 0.25) is 0 Å². The van der Waals surface area contributed by atoms with Gasteiger partial charge in [-0.05, 0) is 6.42 Å². The molecule has 0 rings (SSSR count). The molecule has 0 aromatic carbocycles. The van der Waals surface area contributed by atoms with Gasteiger partial charge in [-0.1, -0.05) is 96.8 Å². The molecule has 0 bridgehead atoms. The van der Waals surface area contributed by atoms with E-state index in [4.69, 9.17) is 5.11 Å². The normalized spacial score (nSPS) is 8.68. The van der Waals surface area contributed by atoms with Crippen LogP contribution in [0.3, 0.4) is 0 Å². The van der Waals surface area contributed by atoms with Crippen molar-refractivity contribution in [3.8, 4) is 0 Å². The van der Waals surface area contributed by atoms with Gasteiger partial charge in [0.05, 0.1) is 0 Å². The summed E-state index contributed by atoms with van der Waals surface area (Å²) in [5.74, 6) is -0.653. The molecular weight excluding hydrogens is 409 g/mol. The summed E-state index contributed by atoms with van der Waals surface area (Å²) in [6.07, 6.45) is 20.2. The minimum Gasteiger partial charge on any atom is -2.00 e. The Labute approximate surface area is 182 Å². The third-order valence-corrected chi connectivity index (χ3v) is 3.99. The molecule has 144 valence electrons. The molecule has 0 heterocycles. The van der Waals surface area contributed by atoms with Gasteiger partial charge < -0.3 is 21.5 Å². The van der Waals surface area contributed by atoms with Crippen molar-refractivity contribution in [2.75, 3.05) is 0 Å². The van der Waals surface area contributed by atoms with Crippen LogP contribution in [0.1, 0.15) is 110 Å². The van der Waals surface area contributed by atoms with Crippen LogP contribution in [0.2, 0.25) is 0 Å². The van der Waals surface area contributed by atoms with Gasteiger partial charge >= 0.3 is 47.2 Å². The molecule has 0 saturated carbocycles. The predicted octanol–water partition coefficient (Wildman–Crippen LogP) is 5.97. The molecule has 0 saturated heterocycles. The van der Waals surface area contributed by atoms with Crippen molar-refractivity contribution in [3.63, 3.8) is 0 Å². The van der Waals surface area contributed by atoms with Crippen LogP contribution in [-0.2, 0) is 62.4 Å². The van der Waals surface area contributed by atoms with E-state index in [9.17, 15) is 4.79 Å². The number of rotatable bonds is 16. The number of hydrogen-bond acceptors (Lipinski definition) is 1. The number of carboxylic acids is 1. The second-order valence-electron chi connectivity index (χ2n) is 6.09. The van der Waals surface area contributed by atoms with Crippen LogP contribution in [0.4, 0.5) is 0 Å². The SMILES string of the molecule is CCCCCCCCCCCCCCCCCC(=O)O.[O-2].[O-2].[O-2].[Ti+4].[Zn+2]. The predicted molar refractivity (Wildman–Crippen MR) is 89.2 cm³/mol. The summed E-state index contributed by atoms with van der Waals surface area (Å²) in [6, 6.07) is 0. The van der Waals surface area contributed by atoms with Crippen LogP contribution < -0.4 is 0 Å². The van der Waals surface area contributed by atoms with Crippen LogP contribution in [0.15, 0.2) is 0 Å². The van der Waals surface area contributed by atoms with Gasteiger partial charge in [-0.2, -0.15) is 0 Å². The Hall–Kier alpha value is 0.688. The molecule has 0 aliphatic heterocycles. The van der Waals surface area contributed by atoms with Crippen molar-refractivity contribution in [2.45, 2.75) is 110 Å². The Balaban J connectivity index is -0.000000180. The topological polar surface area (TPSA) is 123 Å². The van der Waals surface area contributed by atoms with Gasteiger partial charge in [0.25, 0.3) is 0 Å². The fourth-order valence-electron chi connectivity index (χ4n) is 2.65. The molecule has 0 aromatic heterocycles. The zero-order valence-electron chi connectivity index (χ0n) is 16.1. The first-order valence-corrected chi connectivity index (χ1v) is 8.99. The van der Waals surface area contributed by atoms with Gasteiger partial charge in [0, 0.05) is 6.42 Å². The summed E-state index contributed by atoms with van der Waals surface area (Å²) >= 11 is 0. The first-order chi connectivity index (χ1) is 9.77. The van der Waals surface area contributed by atoms with Crippen molar-refractivity contribution in [3.05, 3.63) is 0 Å². The Kier molecular flexibility index (Phi) is 57.7. The second-order valence-corrected chi connectivity index (χ2v) is 6.09. The van der Waals surface area contributed by atoms with E-state index in [0.29, 0.717) is 6.42 Å². The van der Waals surface area contributed by atoms with Gasteiger partial charge in [0.1, 0.15) is 0 Å². The van der Waals surface area contributed by atoms with Crippen LogP contribution >= 0.6 is 0 Å². The van der Waals surface area contributed by atoms with Crippen LogP contribution in [-0.4, -0.2) is 11.1 Å². The molecule has 0 spiro atoms. The molecule has 0 aliphatic rings. The van der Waals surface area contributed by atoms with Crippen LogP contribution in [0.5, 0.6) is 0 Å². The molecule has 5 nitrogen and oxygen atoms in total. The molecule has 25 heavy (non-hydrogen) atoms. The number of aliphatic carboxylic acids is 1. The van der Waals surface area contributed by atoms with Crippen LogP contribution in [0, 0.1) is 0 Å². The fourth-order valence-corrected chi connectivity index (χ4v) is 2.65. The van der Waals surface area contributed by atoms with Gasteiger partial charge in [-0.3, -0.25) is 4.79 Å². The molecule has 7 heteroatoms. The smallest absolute Gasteiger partial charge is 2.00 e. The fraction of sp³-hybridized carbons (Fsp3) is 0.944. The van der Waals surface area contributed by atoms with Crippen molar-refractivity contribution >= 4 is 5.97 Å². The van der Waals surface area contributed by atoms with E-state index in [1.165, 1.54) is 83.5 Å². The summed E-state index contributed by atoms with van der Waals surface area (Å²) in [5, 5.41) is 8.52. The molecule has 0 fully saturated rings. The van der Waals surface area contributed by atoms with E-state index in [1.807, 2.05) is 0 Å². The number of unbranched alkanes of at least 4 members (excludes halogenated alkanes) is 14. The minimum atomic E-state index is -0.653. The number of carbonyl (C=O) groups is 1.